The van der Waals surface area contributed by atoms with E-state index in [4.69, 9.17) is 9.47 Å². The van der Waals surface area contributed by atoms with E-state index in [-0.39, 0.29) is 11.5 Å². The predicted molar refractivity (Wildman–Crippen MR) is 121 cm³/mol. The SMILES string of the molecule is Cn1cc(-n2ccc(=O)c(Cc3cccc(-c4ncc(OC5CCOCC5)cn4)c3)n2)cn1. The third kappa shape index (κ3) is 4.98. The van der Waals surface area contributed by atoms with Crippen LogP contribution in [0.25, 0.3) is 17.1 Å². The molecule has 0 saturated carbocycles. The van der Waals surface area contributed by atoms with Crippen molar-refractivity contribution in [2.45, 2.75) is 25.4 Å². The maximum atomic E-state index is 12.4. The second-order valence-corrected chi connectivity index (χ2v) is 7.99. The molecule has 3 aromatic heterocycles. The van der Waals surface area contributed by atoms with Gasteiger partial charge in [-0.25, -0.2) is 14.6 Å². The van der Waals surface area contributed by atoms with Gasteiger partial charge in [-0.05, 0) is 11.6 Å². The number of nitrogens with zero attached hydrogens (tertiary/aromatic N) is 6. The van der Waals surface area contributed by atoms with E-state index in [2.05, 4.69) is 20.2 Å². The summed E-state index contributed by atoms with van der Waals surface area (Å²) >= 11 is 0. The average molecular weight is 444 g/mol. The van der Waals surface area contributed by atoms with Crippen molar-refractivity contribution in [2.75, 3.05) is 13.2 Å². The molecule has 0 atom stereocenters. The van der Waals surface area contributed by atoms with Crippen LogP contribution in [0.2, 0.25) is 0 Å². The normalized spacial score (nSPS) is 14.3. The first-order valence-electron chi connectivity index (χ1n) is 10.9. The minimum Gasteiger partial charge on any atom is -0.487 e. The summed E-state index contributed by atoms with van der Waals surface area (Å²) in [6.07, 6.45) is 10.9. The minimum absolute atomic E-state index is 0.105. The molecule has 0 spiro atoms. The zero-order chi connectivity index (χ0) is 22.6. The van der Waals surface area contributed by atoms with E-state index >= 15 is 0 Å². The Morgan fingerprint density at radius 3 is 2.70 bits per heavy atom. The number of rotatable bonds is 6. The van der Waals surface area contributed by atoms with Gasteiger partial charge in [-0.1, -0.05) is 18.2 Å². The second-order valence-electron chi connectivity index (χ2n) is 7.99. The third-order valence-electron chi connectivity index (χ3n) is 5.49. The Balaban J connectivity index is 1.33. The van der Waals surface area contributed by atoms with E-state index in [1.807, 2.05) is 37.5 Å². The quantitative estimate of drug-likeness (QED) is 0.451. The van der Waals surface area contributed by atoms with E-state index in [0.29, 0.717) is 23.7 Å². The Morgan fingerprint density at radius 2 is 1.94 bits per heavy atom. The van der Waals surface area contributed by atoms with Crippen LogP contribution in [0, 0.1) is 0 Å². The zero-order valence-corrected chi connectivity index (χ0v) is 18.3. The number of aromatic nitrogens is 6. The number of hydrogen-bond acceptors (Lipinski definition) is 7. The van der Waals surface area contributed by atoms with E-state index in [9.17, 15) is 4.79 Å². The fourth-order valence-corrected chi connectivity index (χ4v) is 3.77. The lowest BCUT2D eigenvalue weighted by molar-refractivity contribution is 0.0253. The highest BCUT2D eigenvalue weighted by Crippen LogP contribution is 2.21. The Bertz CT molecular complexity index is 1290. The van der Waals surface area contributed by atoms with E-state index in [1.54, 1.807) is 34.2 Å². The van der Waals surface area contributed by atoms with Crippen molar-refractivity contribution in [1.82, 2.24) is 29.5 Å². The van der Waals surface area contributed by atoms with Gasteiger partial charge < -0.3 is 9.47 Å². The van der Waals surface area contributed by atoms with Gasteiger partial charge in [0.2, 0.25) is 5.43 Å². The van der Waals surface area contributed by atoms with Crippen LogP contribution >= 0.6 is 0 Å². The molecular formula is C24H24N6O3. The highest BCUT2D eigenvalue weighted by atomic mass is 16.5. The molecule has 1 aliphatic heterocycles. The summed E-state index contributed by atoms with van der Waals surface area (Å²) in [6.45, 7) is 1.44. The van der Waals surface area contributed by atoms with Crippen molar-refractivity contribution in [3.8, 4) is 22.8 Å². The number of aryl methyl sites for hydroxylation is 1. The van der Waals surface area contributed by atoms with Crippen LogP contribution in [0.4, 0.5) is 0 Å². The van der Waals surface area contributed by atoms with Gasteiger partial charge in [0, 0.05) is 44.1 Å². The van der Waals surface area contributed by atoms with Crippen molar-refractivity contribution in [3.63, 3.8) is 0 Å². The first-order chi connectivity index (χ1) is 16.1. The molecule has 0 bridgehead atoms. The van der Waals surface area contributed by atoms with Gasteiger partial charge in [0.05, 0.1) is 38.0 Å². The summed E-state index contributed by atoms with van der Waals surface area (Å²) in [7, 11) is 1.84. The van der Waals surface area contributed by atoms with Crippen molar-refractivity contribution in [3.05, 3.63) is 82.8 Å². The van der Waals surface area contributed by atoms with Gasteiger partial charge in [-0.15, -0.1) is 0 Å². The molecule has 1 saturated heterocycles. The molecule has 4 aromatic rings. The zero-order valence-electron chi connectivity index (χ0n) is 18.3. The van der Waals surface area contributed by atoms with Gasteiger partial charge in [-0.3, -0.25) is 9.48 Å². The molecule has 33 heavy (non-hydrogen) atoms. The Labute approximate surface area is 190 Å². The lowest BCUT2D eigenvalue weighted by Gasteiger charge is -2.22. The Morgan fingerprint density at radius 1 is 1.12 bits per heavy atom. The van der Waals surface area contributed by atoms with E-state index in [1.165, 1.54) is 6.07 Å². The Hall–Kier alpha value is -3.85. The molecule has 9 nitrogen and oxygen atoms in total. The highest BCUT2D eigenvalue weighted by molar-refractivity contribution is 5.56. The van der Waals surface area contributed by atoms with E-state index in [0.717, 1.165) is 42.9 Å². The predicted octanol–water partition coefficient (Wildman–Crippen LogP) is 2.57. The number of hydrogen-bond donors (Lipinski definition) is 0. The first kappa shape index (κ1) is 21.0. The molecule has 1 fully saturated rings. The molecule has 0 radical (unpaired) electrons. The maximum absolute atomic E-state index is 12.4. The summed E-state index contributed by atoms with van der Waals surface area (Å²) in [6, 6.07) is 9.36. The molecule has 4 heterocycles. The largest absolute Gasteiger partial charge is 0.487 e. The summed E-state index contributed by atoms with van der Waals surface area (Å²) < 4.78 is 14.7. The fourth-order valence-electron chi connectivity index (χ4n) is 3.77. The fraction of sp³-hybridized carbons (Fsp3) is 0.292. The van der Waals surface area contributed by atoms with Crippen LogP contribution in [0.1, 0.15) is 24.1 Å². The Kier molecular flexibility index (Phi) is 5.95. The van der Waals surface area contributed by atoms with Crippen LogP contribution in [-0.4, -0.2) is 48.8 Å². The molecule has 9 heteroatoms. The van der Waals surface area contributed by atoms with Crippen LogP contribution in [0.3, 0.4) is 0 Å². The molecular weight excluding hydrogens is 420 g/mol. The summed E-state index contributed by atoms with van der Waals surface area (Å²) in [5.74, 6) is 1.26. The van der Waals surface area contributed by atoms with Crippen molar-refractivity contribution in [1.29, 1.82) is 0 Å². The van der Waals surface area contributed by atoms with Gasteiger partial charge in [0.1, 0.15) is 17.5 Å². The molecule has 1 aromatic carbocycles. The lowest BCUT2D eigenvalue weighted by atomic mass is 10.1. The minimum atomic E-state index is -0.105. The summed E-state index contributed by atoms with van der Waals surface area (Å²) in [4.78, 5) is 21.4. The van der Waals surface area contributed by atoms with Crippen LogP contribution < -0.4 is 10.2 Å². The second kappa shape index (κ2) is 9.33. The number of benzene rings is 1. The molecule has 0 N–H and O–H groups in total. The molecule has 0 amide bonds. The highest BCUT2D eigenvalue weighted by Gasteiger charge is 2.16. The molecule has 0 unspecified atom stereocenters. The monoisotopic (exact) mass is 444 g/mol. The maximum Gasteiger partial charge on any atom is 0.203 e. The molecule has 168 valence electrons. The summed E-state index contributed by atoms with van der Waals surface area (Å²) in [5.41, 5.74) is 2.97. The van der Waals surface area contributed by atoms with E-state index < -0.39 is 0 Å². The lowest BCUT2D eigenvalue weighted by Crippen LogP contribution is -2.25. The van der Waals surface area contributed by atoms with Crippen LogP contribution in [-0.2, 0) is 18.2 Å². The first-order valence-corrected chi connectivity index (χ1v) is 10.9. The molecule has 1 aliphatic rings. The third-order valence-corrected chi connectivity index (χ3v) is 5.49. The van der Waals surface area contributed by atoms with Gasteiger partial charge in [0.25, 0.3) is 0 Å². The molecule has 5 rings (SSSR count). The smallest absolute Gasteiger partial charge is 0.203 e. The summed E-state index contributed by atoms with van der Waals surface area (Å²) in [5, 5.41) is 8.68. The number of ether oxygens (including phenoxy) is 2. The van der Waals surface area contributed by atoms with Crippen LogP contribution in [0.15, 0.2) is 66.1 Å². The van der Waals surface area contributed by atoms with Crippen molar-refractivity contribution in [2.24, 2.45) is 7.05 Å². The van der Waals surface area contributed by atoms with Crippen molar-refractivity contribution >= 4 is 0 Å². The van der Waals surface area contributed by atoms with Crippen molar-refractivity contribution < 1.29 is 9.47 Å². The average Bonchev–Trinajstić information content (AvgIpc) is 3.28. The van der Waals surface area contributed by atoms with Gasteiger partial charge in [0.15, 0.2) is 11.6 Å². The van der Waals surface area contributed by atoms with Gasteiger partial charge >= 0.3 is 0 Å². The topological polar surface area (TPSA) is 97.0 Å². The van der Waals surface area contributed by atoms with Gasteiger partial charge in [-0.2, -0.15) is 10.2 Å². The molecule has 0 aliphatic carbocycles. The standard InChI is InChI=1S/C24H24N6O3/c1-29-16-19(13-27-29)30-8-5-23(31)22(28-30)12-17-3-2-4-18(11-17)24-25-14-21(15-26-24)33-20-6-9-32-10-7-20/h2-5,8,11,13-16,20H,6-7,9-10,12H2,1H3. The van der Waals surface area contributed by atoms with Crippen LogP contribution in [0.5, 0.6) is 5.75 Å².